The van der Waals surface area contributed by atoms with Gasteiger partial charge in [0.25, 0.3) is 0 Å². The predicted molar refractivity (Wildman–Crippen MR) is 100 cm³/mol. The molecule has 0 bridgehead atoms. The van der Waals surface area contributed by atoms with Crippen LogP contribution in [0.15, 0.2) is 48.5 Å². The fourth-order valence-electron chi connectivity index (χ4n) is 2.90. The SMILES string of the molecule is COc1ccc(N2CCN(C(=O)NCc3cccc(Cl)c3)CC2)cc1. The van der Waals surface area contributed by atoms with E-state index >= 15 is 0 Å². The maximum atomic E-state index is 12.3. The average molecular weight is 360 g/mol. The molecule has 0 spiro atoms. The van der Waals surface area contributed by atoms with Crippen LogP contribution in [0.3, 0.4) is 0 Å². The van der Waals surface area contributed by atoms with Gasteiger partial charge in [-0.25, -0.2) is 4.79 Å². The Morgan fingerprint density at radius 3 is 2.48 bits per heavy atom. The van der Waals surface area contributed by atoms with Crippen molar-refractivity contribution in [3.63, 3.8) is 0 Å². The molecule has 2 aromatic rings. The van der Waals surface area contributed by atoms with Gasteiger partial charge in [0, 0.05) is 43.4 Å². The summed E-state index contributed by atoms with van der Waals surface area (Å²) in [5, 5.41) is 3.64. The molecule has 0 atom stereocenters. The lowest BCUT2D eigenvalue weighted by atomic mass is 10.2. The molecule has 1 heterocycles. The summed E-state index contributed by atoms with van der Waals surface area (Å²) in [6, 6.07) is 15.5. The van der Waals surface area contributed by atoms with Gasteiger partial charge in [0.1, 0.15) is 5.75 Å². The third-order valence-corrected chi connectivity index (χ3v) is 4.57. The zero-order valence-corrected chi connectivity index (χ0v) is 15.0. The topological polar surface area (TPSA) is 44.8 Å². The van der Waals surface area contributed by atoms with Crippen molar-refractivity contribution in [2.45, 2.75) is 6.54 Å². The van der Waals surface area contributed by atoms with Crippen LogP contribution in [0.1, 0.15) is 5.56 Å². The molecule has 0 aliphatic carbocycles. The van der Waals surface area contributed by atoms with Gasteiger partial charge in [-0.15, -0.1) is 0 Å². The molecule has 2 amide bonds. The van der Waals surface area contributed by atoms with E-state index in [0.717, 1.165) is 30.1 Å². The Hall–Kier alpha value is -2.40. The first-order chi connectivity index (χ1) is 12.2. The van der Waals surface area contributed by atoms with Crippen molar-refractivity contribution < 1.29 is 9.53 Å². The molecule has 1 saturated heterocycles. The van der Waals surface area contributed by atoms with Gasteiger partial charge in [-0.05, 0) is 42.0 Å². The first-order valence-electron chi connectivity index (χ1n) is 8.32. The quantitative estimate of drug-likeness (QED) is 0.910. The van der Waals surface area contributed by atoms with E-state index in [4.69, 9.17) is 16.3 Å². The highest BCUT2D eigenvalue weighted by Gasteiger charge is 2.21. The molecule has 1 aliphatic heterocycles. The molecule has 0 saturated carbocycles. The normalized spacial score (nSPS) is 14.3. The zero-order valence-electron chi connectivity index (χ0n) is 14.2. The number of ether oxygens (including phenoxy) is 1. The highest BCUT2D eigenvalue weighted by Crippen LogP contribution is 2.20. The van der Waals surface area contributed by atoms with Gasteiger partial charge in [0.2, 0.25) is 0 Å². The second-order valence-corrected chi connectivity index (χ2v) is 6.40. The van der Waals surface area contributed by atoms with Crippen LogP contribution in [-0.4, -0.2) is 44.2 Å². The molecular weight excluding hydrogens is 338 g/mol. The minimum atomic E-state index is -0.0330. The Kier molecular flexibility index (Phi) is 5.66. The Balaban J connectivity index is 1.48. The van der Waals surface area contributed by atoms with Crippen LogP contribution in [0.4, 0.5) is 10.5 Å². The van der Waals surface area contributed by atoms with Gasteiger partial charge in [0.15, 0.2) is 0 Å². The van der Waals surface area contributed by atoms with Gasteiger partial charge < -0.3 is 19.9 Å². The third-order valence-electron chi connectivity index (χ3n) is 4.34. The first kappa shape index (κ1) is 17.4. The summed E-state index contributed by atoms with van der Waals surface area (Å²) in [4.78, 5) is 16.5. The smallest absolute Gasteiger partial charge is 0.317 e. The van der Waals surface area contributed by atoms with Crippen LogP contribution in [0.2, 0.25) is 5.02 Å². The number of urea groups is 1. The number of anilines is 1. The molecule has 6 heteroatoms. The summed E-state index contributed by atoms with van der Waals surface area (Å²) in [7, 11) is 1.66. The summed E-state index contributed by atoms with van der Waals surface area (Å²) in [5.41, 5.74) is 2.15. The van der Waals surface area contributed by atoms with Crippen LogP contribution in [0, 0.1) is 0 Å². The number of piperazine rings is 1. The van der Waals surface area contributed by atoms with Crippen LogP contribution < -0.4 is 15.0 Å². The number of hydrogen-bond donors (Lipinski definition) is 1. The lowest BCUT2D eigenvalue weighted by molar-refractivity contribution is 0.194. The molecule has 5 nitrogen and oxygen atoms in total. The number of halogens is 1. The molecule has 1 N–H and O–H groups in total. The fraction of sp³-hybridized carbons (Fsp3) is 0.316. The maximum Gasteiger partial charge on any atom is 0.317 e. The van der Waals surface area contributed by atoms with Crippen molar-refractivity contribution in [3.8, 4) is 5.75 Å². The Morgan fingerprint density at radius 2 is 1.84 bits per heavy atom. The van der Waals surface area contributed by atoms with E-state index < -0.39 is 0 Å². The number of methoxy groups -OCH3 is 1. The number of benzene rings is 2. The number of carbonyl (C=O) groups excluding carboxylic acids is 1. The van der Waals surface area contributed by atoms with Gasteiger partial charge in [-0.2, -0.15) is 0 Å². The van der Waals surface area contributed by atoms with E-state index in [2.05, 4.69) is 10.2 Å². The standard InChI is InChI=1S/C19H22ClN3O2/c1-25-18-7-5-17(6-8-18)22-9-11-23(12-10-22)19(24)21-14-15-3-2-4-16(20)13-15/h2-8,13H,9-12,14H2,1H3,(H,21,24). The van der Waals surface area contributed by atoms with Gasteiger partial charge in [-0.1, -0.05) is 23.7 Å². The molecule has 25 heavy (non-hydrogen) atoms. The number of amides is 2. The molecule has 0 radical (unpaired) electrons. The van der Waals surface area contributed by atoms with Crippen molar-refractivity contribution >= 4 is 23.3 Å². The largest absolute Gasteiger partial charge is 0.497 e. The number of carbonyl (C=O) groups is 1. The minimum Gasteiger partial charge on any atom is -0.497 e. The Morgan fingerprint density at radius 1 is 1.12 bits per heavy atom. The highest BCUT2D eigenvalue weighted by molar-refractivity contribution is 6.30. The van der Waals surface area contributed by atoms with E-state index in [-0.39, 0.29) is 6.03 Å². The Labute approximate surface area is 153 Å². The molecule has 1 fully saturated rings. The summed E-state index contributed by atoms with van der Waals surface area (Å²) in [5.74, 6) is 0.850. The van der Waals surface area contributed by atoms with Crippen molar-refractivity contribution in [2.75, 3.05) is 38.2 Å². The summed E-state index contributed by atoms with van der Waals surface area (Å²) in [6.07, 6.45) is 0. The first-order valence-corrected chi connectivity index (χ1v) is 8.70. The highest BCUT2D eigenvalue weighted by atomic mass is 35.5. The molecule has 3 rings (SSSR count). The van der Waals surface area contributed by atoms with Crippen molar-refractivity contribution in [3.05, 3.63) is 59.1 Å². The molecule has 132 valence electrons. The Bertz CT molecular complexity index is 713. The average Bonchev–Trinajstić information content (AvgIpc) is 2.66. The monoisotopic (exact) mass is 359 g/mol. The van der Waals surface area contributed by atoms with Crippen molar-refractivity contribution in [1.82, 2.24) is 10.2 Å². The van der Waals surface area contributed by atoms with Crippen LogP contribution in [-0.2, 0) is 6.54 Å². The summed E-state index contributed by atoms with van der Waals surface area (Å²) >= 11 is 5.97. The molecule has 0 unspecified atom stereocenters. The zero-order chi connectivity index (χ0) is 17.6. The molecule has 2 aromatic carbocycles. The summed E-state index contributed by atoms with van der Waals surface area (Å²) < 4.78 is 5.19. The fourth-order valence-corrected chi connectivity index (χ4v) is 3.11. The lowest BCUT2D eigenvalue weighted by Gasteiger charge is -2.36. The van der Waals surface area contributed by atoms with Crippen LogP contribution >= 0.6 is 11.6 Å². The van der Waals surface area contributed by atoms with E-state index in [9.17, 15) is 4.79 Å². The van der Waals surface area contributed by atoms with Gasteiger partial charge in [0.05, 0.1) is 7.11 Å². The molecular formula is C19H22ClN3O2. The predicted octanol–water partition coefficient (Wildman–Crippen LogP) is 3.38. The number of nitrogens with zero attached hydrogens (tertiary/aromatic N) is 2. The third kappa shape index (κ3) is 4.57. The van der Waals surface area contributed by atoms with Gasteiger partial charge >= 0.3 is 6.03 Å². The lowest BCUT2D eigenvalue weighted by Crippen LogP contribution is -2.51. The maximum absolute atomic E-state index is 12.3. The summed E-state index contributed by atoms with van der Waals surface area (Å²) in [6.45, 7) is 3.52. The molecule has 0 aromatic heterocycles. The van der Waals surface area contributed by atoms with E-state index in [1.54, 1.807) is 7.11 Å². The number of nitrogens with one attached hydrogen (secondary N) is 1. The van der Waals surface area contributed by atoms with Gasteiger partial charge in [-0.3, -0.25) is 0 Å². The van der Waals surface area contributed by atoms with E-state index in [1.165, 1.54) is 0 Å². The minimum absolute atomic E-state index is 0.0330. The second kappa shape index (κ2) is 8.12. The number of rotatable bonds is 4. The van der Waals surface area contributed by atoms with E-state index in [0.29, 0.717) is 24.7 Å². The van der Waals surface area contributed by atoms with Crippen LogP contribution in [0.25, 0.3) is 0 Å². The number of hydrogen-bond acceptors (Lipinski definition) is 3. The second-order valence-electron chi connectivity index (χ2n) is 5.96. The van der Waals surface area contributed by atoms with Crippen molar-refractivity contribution in [1.29, 1.82) is 0 Å². The van der Waals surface area contributed by atoms with E-state index in [1.807, 2.05) is 53.4 Å². The van der Waals surface area contributed by atoms with Crippen molar-refractivity contribution in [2.24, 2.45) is 0 Å². The van der Waals surface area contributed by atoms with Crippen LogP contribution in [0.5, 0.6) is 5.75 Å². The molecule has 1 aliphatic rings.